The Morgan fingerprint density at radius 1 is 0.297 bits per heavy atom. The van der Waals surface area contributed by atoms with E-state index in [0.29, 0.717) is 25.7 Å². The van der Waals surface area contributed by atoms with Crippen molar-refractivity contribution in [3.05, 3.63) is 0 Å². The Labute approximate surface area is 556 Å². The first-order valence-corrected chi connectivity index (χ1v) is 40.6. The van der Waals surface area contributed by atoms with Crippen LogP contribution < -0.4 is 0 Å². The van der Waals surface area contributed by atoms with Crippen LogP contribution in [0.25, 0.3) is 0 Å². The lowest BCUT2D eigenvalue weighted by molar-refractivity contribution is -0.161. The Morgan fingerprint density at radius 3 is 0.747 bits per heavy atom. The molecule has 0 rings (SSSR count). The predicted octanol–water partition coefficient (Wildman–Crippen LogP) is 20.9. The second-order valence-electron chi connectivity index (χ2n) is 26.5. The number of hydrogen-bond donors (Lipinski definition) is 3. The van der Waals surface area contributed by atoms with Gasteiger partial charge < -0.3 is 33.8 Å². The molecule has 0 saturated carbocycles. The van der Waals surface area contributed by atoms with E-state index in [4.69, 9.17) is 37.0 Å². The number of phosphoric ester groups is 2. The van der Waals surface area contributed by atoms with Crippen LogP contribution in [-0.4, -0.2) is 96.7 Å². The number of carbonyl (C=O) groups excluding carboxylic acids is 4. The van der Waals surface area contributed by atoms with Crippen LogP contribution >= 0.6 is 15.6 Å². The van der Waals surface area contributed by atoms with E-state index in [1.54, 1.807) is 0 Å². The van der Waals surface area contributed by atoms with Gasteiger partial charge in [-0.05, 0) is 31.6 Å². The minimum absolute atomic E-state index is 0.104. The van der Waals surface area contributed by atoms with E-state index in [9.17, 15) is 43.2 Å². The van der Waals surface area contributed by atoms with Gasteiger partial charge in [-0.2, -0.15) is 0 Å². The van der Waals surface area contributed by atoms with Gasteiger partial charge in [0.1, 0.15) is 19.3 Å². The molecule has 0 spiro atoms. The standard InChI is InChI=1S/C72H140O17P2/c1-6-9-12-15-18-20-22-24-25-26-27-28-29-30-31-32-34-36-42-47-52-57-71(76)88-68(62-83-70(75)56-51-46-41-35-33-23-21-19-16-13-10-7-2)64-87-91(80,81)85-60-66(73)59-84-90(78,79)86-63-67(61-82-69(74)55-50-45-39-17-14-11-8-3)89-72(77)58-53-48-43-38-37-40-44-49-54-65(4)5/h65-68,73H,6-64H2,1-5H3,(H,78,79)(H,80,81)/t66-,67+,68+/m0/s1. The molecule has 0 amide bonds. The maximum atomic E-state index is 13.0. The zero-order valence-electron chi connectivity index (χ0n) is 59.0. The summed E-state index contributed by atoms with van der Waals surface area (Å²) in [6.45, 7) is 7.17. The predicted molar refractivity (Wildman–Crippen MR) is 368 cm³/mol. The van der Waals surface area contributed by atoms with E-state index in [-0.39, 0.29) is 25.7 Å². The molecule has 0 fully saturated rings. The zero-order valence-corrected chi connectivity index (χ0v) is 60.8. The molecule has 5 atom stereocenters. The van der Waals surface area contributed by atoms with Gasteiger partial charge in [0.05, 0.1) is 26.4 Å². The van der Waals surface area contributed by atoms with Gasteiger partial charge in [0.15, 0.2) is 12.2 Å². The first-order valence-electron chi connectivity index (χ1n) is 37.6. The zero-order chi connectivity index (χ0) is 67.0. The van der Waals surface area contributed by atoms with Crippen LogP contribution in [0.4, 0.5) is 0 Å². The van der Waals surface area contributed by atoms with E-state index < -0.39 is 97.5 Å². The van der Waals surface area contributed by atoms with Gasteiger partial charge in [-0.15, -0.1) is 0 Å². The lowest BCUT2D eigenvalue weighted by atomic mass is 10.0. The number of phosphoric acid groups is 2. The molecule has 0 aliphatic rings. The highest BCUT2D eigenvalue weighted by Gasteiger charge is 2.30. The van der Waals surface area contributed by atoms with Gasteiger partial charge in [-0.25, -0.2) is 9.13 Å². The van der Waals surface area contributed by atoms with Crippen molar-refractivity contribution < 1.29 is 80.2 Å². The lowest BCUT2D eigenvalue weighted by Gasteiger charge is -2.21. The average Bonchev–Trinajstić information content (AvgIpc) is 3.39. The molecule has 0 aromatic carbocycles. The molecule has 0 aliphatic heterocycles. The van der Waals surface area contributed by atoms with E-state index in [0.717, 1.165) is 109 Å². The van der Waals surface area contributed by atoms with Crippen molar-refractivity contribution in [2.75, 3.05) is 39.6 Å². The van der Waals surface area contributed by atoms with Gasteiger partial charge in [0.25, 0.3) is 0 Å². The molecule has 0 aliphatic carbocycles. The number of aliphatic hydroxyl groups excluding tert-OH is 1. The molecule has 2 unspecified atom stereocenters. The van der Waals surface area contributed by atoms with Crippen molar-refractivity contribution in [2.45, 2.75) is 393 Å². The number of ether oxygens (including phenoxy) is 4. The van der Waals surface area contributed by atoms with Crippen LogP contribution in [0.1, 0.15) is 375 Å². The van der Waals surface area contributed by atoms with E-state index in [2.05, 4.69) is 34.6 Å². The fourth-order valence-corrected chi connectivity index (χ4v) is 12.6. The normalized spacial score (nSPS) is 14.0. The van der Waals surface area contributed by atoms with Crippen LogP contribution in [0, 0.1) is 5.92 Å². The molecule has 0 aromatic rings. The third kappa shape index (κ3) is 66.5. The number of hydrogen-bond acceptors (Lipinski definition) is 15. The molecule has 540 valence electrons. The van der Waals surface area contributed by atoms with Crippen LogP contribution in [0.5, 0.6) is 0 Å². The second-order valence-corrected chi connectivity index (χ2v) is 29.4. The van der Waals surface area contributed by atoms with Gasteiger partial charge in [-0.1, -0.05) is 324 Å². The minimum atomic E-state index is -4.95. The summed E-state index contributed by atoms with van der Waals surface area (Å²) in [6.07, 6.45) is 53.0. The largest absolute Gasteiger partial charge is 0.472 e. The summed E-state index contributed by atoms with van der Waals surface area (Å²) in [4.78, 5) is 72.4. The molecule has 19 heteroatoms. The maximum absolute atomic E-state index is 13.0. The van der Waals surface area contributed by atoms with Crippen molar-refractivity contribution in [1.82, 2.24) is 0 Å². The highest BCUT2D eigenvalue weighted by molar-refractivity contribution is 7.47. The summed E-state index contributed by atoms with van der Waals surface area (Å²) in [6, 6.07) is 0. The van der Waals surface area contributed by atoms with E-state index in [1.165, 1.54) is 186 Å². The van der Waals surface area contributed by atoms with Crippen LogP contribution in [-0.2, 0) is 65.4 Å². The molecule has 0 aromatic heterocycles. The fraction of sp³-hybridized carbons (Fsp3) is 0.944. The van der Waals surface area contributed by atoms with Gasteiger partial charge >= 0.3 is 39.5 Å². The van der Waals surface area contributed by atoms with Crippen molar-refractivity contribution in [3.8, 4) is 0 Å². The monoisotopic (exact) mass is 1340 g/mol. The lowest BCUT2D eigenvalue weighted by Crippen LogP contribution is -2.30. The first-order chi connectivity index (χ1) is 44.0. The maximum Gasteiger partial charge on any atom is 0.472 e. The molecule has 0 bridgehead atoms. The first kappa shape index (κ1) is 89.1. The van der Waals surface area contributed by atoms with Crippen molar-refractivity contribution in [3.63, 3.8) is 0 Å². The van der Waals surface area contributed by atoms with Crippen molar-refractivity contribution in [2.24, 2.45) is 5.92 Å². The van der Waals surface area contributed by atoms with Crippen LogP contribution in [0.15, 0.2) is 0 Å². The summed E-state index contributed by atoms with van der Waals surface area (Å²) in [5, 5.41) is 10.6. The number of aliphatic hydroxyl groups is 1. The number of rotatable bonds is 72. The van der Waals surface area contributed by atoms with Gasteiger partial charge in [0, 0.05) is 25.7 Å². The number of carbonyl (C=O) groups is 4. The fourth-order valence-electron chi connectivity index (χ4n) is 11.0. The second kappa shape index (κ2) is 65.4. The molecule has 0 saturated heterocycles. The quantitative estimate of drug-likeness (QED) is 0.0222. The smallest absolute Gasteiger partial charge is 0.462 e. The Balaban J connectivity index is 5.14. The topological polar surface area (TPSA) is 237 Å². The van der Waals surface area contributed by atoms with Crippen molar-refractivity contribution in [1.29, 1.82) is 0 Å². The Kier molecular flexibility index (Phi) is 64.0. The van der Waals surface area contributed by atoms with Crippen LogP contribution in [0.2, 0.25) is 0 Å². The number of esters is 4. The van der Waals surface area contributed by atoms with E-state index in [1.807, 2.05) is 0 Å². The van der Waals surface area contributed by atoms with Crippen molar-refractivity contribution >= 4 is 39.5 Å². The summed E-state index contributed by atoms with van der Waals surface area (Å²) < 4.78 is 68.2. The molecule has 17 nitrogen and oxygen atoms in total. The Morgan fingerprint density at radius 2 is 0.505 bits per heavy atom. The number of unbranched alkanes of at least 4 members (excludes halogenated alkanes) is 44. The molecule has 3 N–H and O–H groups in total. The third-order valence-corrected chi connectivity index (χ3v) is 18.7. The molecule has 91 heavy (non-hydrogen) atoms. The highest BCUT2D eigenvalue weighted by Crippen LogP contribution is 2.45. The minimum Gasteiger partial charge on any atom is -0.462 e. The summed E-state index contributed by atoms with van der Waals surface area (Å²) in [5.74, 6) is -1.41. The summed E-state index contributed by atoms with van der Waals surface area (Å²) >= 11 is 0. The SMILES string of the molecule is CCCCCCCCCCCCCCCCCCCCCCCC(=O)O[C@H](COC(=O)CCCCCCCCCCCCCC)COP(=O)(O)OC[C@@H](O)COP(=O)(O)OC[C@@H](COC(=O)CCCCCCCCC)OC(=O)CCCCCCCCCCC(C)C. The molecular formula is C72H140O17P2. The molecule has 0 radical (unpaired) electrons. The average molecular weight is 1340 g/mol. The Hall–Kier alpha value is -1.94. The summed E-state index contributed by atoms with van der Waals surface area (Å²) in [5.41, 5.74) is 0. The van der Waals surface area contributed by atoms with E-state index >= 15 is 0 Å². The molecule has 0 heterocycles. The molecular weight excluding hydrogens is 1200 g/mol. The van der Waals surface area contributed by atoms with Gasteiger partial charge in [0.2, 0.25) is 0 Å². The third-order valence-electron chi connectivity index (χ3n) is 16.8. The summed E-state index contributed by atoms with van der Waals surface area (Å²) in [7, 11) is -9.89. The van der Waals surface area contributed by atoms with Gasteiger partial charge in [-0.3, -0.25) is 37.3 Å². The highest BCUT2D eigenvalue weighted by atomic mass is 31.2. The Bertz CT molecular complexity index is 1750. The van der Waals surface area contributed by atoms with Crippen LogP contribution in [0.3, 0.4) is 0 Å².